The minimum absolute atomic E-state index is 0.476. The van der Waals surface area contributed by atoms with Gasteiger partial charge in [0, 0.05) is 18.5 Å². The molecule has 0 radical (unpaired) electrons. The normalized spacial score (nSPS) is 10.5. The summed E-state index contributed by atoms with van der Waals surface area (Å²) in [6, 6.07) is 18.4. The number of pyridine rings is 2. The molecule has 116 valence electrons. The first-order chi connectivity index (χ1) is 11.9. The van der Waals surface area contributed by atoms with Crippen molar-refractivity contribution in [1.29, 1.82) is 0 Å². The lowest BCUT2D eigenvalue weighted by Gasteiger charge is -2.04. The minimum atomic E-state index is 0.476. The van der Waals surface area contributed by atoms with Gasteiger partial charge in [0.25, 0.3) is 0 Å². The maximum Gasteiger partial charge on any atom is 0.223 e. The summed E-state index contributed by atoms with van der Waals surface area (Å²) in [5.41, 5.74) is 1.46. The molecule has 0 saturated carbocycles. The molecule has 24 heavy (non-hydrogen) atoms. The number of ether oxygens (including phenoxy) is 1. The van der Waals surface area contributed by atoms with Crippen LogP contribution in [0.25, 0.3) is 17.2 Å². The quantitative estimate of drug-likeness (QED) is 0.576. The molecule has 0 fully saturated rings. The van der Waals surface area contributed by atoms with Crippen molar-refractivity contribution in [2.24, 2.45) is 0 Å². The summed E-state index contributed by atoms with van der Waals surface area (Å²) in [7, 11) is 0. The number of hydrogen-bond donors (Lipinski definition) is 0. The van der Waals surface area contributed by atoms with Gasteiger partial charge in [-0.3, -0.25) is 4.98 Å². The van der Waals surface area contributed by atoms with E-state index in [0.717, 1.165) is 5.69 Å². The number of aromatic nitrogens is 6. The summed E-state index contributed by atoms with van der Waals surface area (Å²) in [6.07, 6.45) is 3.38. The summed E-state index contributed by atoms with van der Waals surface area (Å²) in [4.78, 5) is 9.79. The average Bonchev–Trinajstić information content (AvgIpc) is 3.14. The van der Waals surface area contributed by atoms with E-state index in [0.29, 0.717) is 23.1 Å². The average molecular weight is 316 g/mol. The molecule has 0 spiro atoms. The monoisotopic (exact) mass is 316 g/mol. The molecule has 7 heteroatoms. The Morgan fingerprint density at radius 2 is 1.58 bits per heavy atom. The first kappa shape index (κ1) is 14.0. The van der Waals surface area contributed by atoms with E-state index in [1.165, 1.54) is 4.80 Å². The second-order valence-corrected chi connectivity index (χ2v) is 4.88. The molecule has 0 atom stereocenters. The molecule has 0 aliphatic heterocycles. The zero-order valence-corrected chi connectivity index (χ0v) is 12.5. The van der Waals surface area contributed by atoms with Gasteiger partial charge in [0.05, 0.1) is 5.69 Å². The predicted molar refractivity (Wildman–Crippen MR) is 86.7 cm³/mol. The van der Waals surface area contributed by atoms with Crippen LogP contribution in [0.1, 0.15) is 0 Å². The van der Waals surface area contributed by atoms with Gasteiger partial charge in [-0.1, -0.05) is 12.1 Å². The van der Waals surface area contributed by atoms with Crippen LogP contribution in [0.4, 0.5) is 0 Å². The van der Waals surface area contributed by atoms with E-state index < -0.39 is 0 Å². The second kappa shape index (κ2) is 6.25. The standard InChI is InChI=1S/C17H12N6O/c1-3-11-18-15(5-1)17-20-22-23(21-17)13-7-9-14(10-8-13)24-16-6-2-4-12-19-16/h1-12H. The van der Waals surface area contributed by atoms with Gasteiger partial charge in [0.2, 0.25) is 11.7 Å². The SMILES string of the molecule is c1ccc(Oc2ccc(-n3nnc(-c4ccccn4)n3)cc2)nc1. The number of tetrazole rings is 1. The highest BCUT2D eigenvalue weighted by Crippen LogP contribution is 2.20. The lowest BCUT2D eigenvalue weighted by Crippen LogP contribution is -1.99. The fraction of sp³-hybridized carbons (Fsp3) is 0. The largest absolute Gasteiger partial charge is 0.439 e. The highest BCUT2D eigenvalue weighted by atomic mass is 16.5. The van der Waals surface area contributed by atoms with Crippen LogP contribution in [-0.4, -0.2) is 30.2 Å². The molecular weight excluding hydrogens is 304 g/mol. The highest BCUT2D eigenvalue weighted by Gasteiger charge is 2.08. The van der Waals surface area contributed by atoms with Crippen LogP contribution in [0.3, 0.4) is 0 Å². The number of rotatable bonds is 4. The molecule has 0 N–H and O–H groups in total. The smallest absolute Gasteiger partial charge is 0.223 e. The van der Waals surface area contributed by atoms with E-state index in [9.17, 15) is 0 Å². The van der Waals surface area contributed by atoms with Gasteiger partial charge >= 0.3 is 0 Å². The van der Waals surface area contributed by atoms with Crippen molar-refractivity contribution in [1.82, 2.24) is 30.2 Å². The van der Waals surface area contributed by atoms with Gasteiger partial charge in [0.1, 0.15) is 11.4 Å². The fourth-order valence-electron chi connectivity index (χ4n) is 2.10. The Bertz CT molecular complexity index is 922. The number of benzene rings is 1. The molecule has 0 bridgehead atoms. The third-order valence-corrected chi connectivity index (χ3v) is 3.24. The molecule has 4 rings (SSSR count). The van der Waals surface area contributed by atoms with E-state index in [2.05, 4.69) is 25.4 Å². The number of nitrogens with zero attached hydrogens (tertiary/aromatic N) is 6. The van der Waals surface area contributed by atoms with Crippen LogP contribution in [-0.2, 0) is 0 Å². The zero-order chi connectivity index (χ0) is 16.2. The predicted octanol–water partition coefficient (Wildman–Crippen LogP) is 2.91. The third-order valence-electron chi connectivity index (χ3n) is 3.24. The molecule has 7 nitrogen and oxygen atoms in total. The second-order valence-electron chi connectivity index (χ2n) is 4.88. The van der Waals surface area contributed by atoms with Crippen LogP contribution >= 0.6 is 0 Å². The Morgan fingerprint density at radius 1 is 0.792 bits per heavy atom. The van der Waals surface area contributed by atoms with Crippen molar-refractivity contribution in [3.63, 3.8) is 0 Å². The Labute approximate surface area is 137 Å². The van der Waals surface area contributed by atoms with Crippen molar-refractivity contribution < 1.29 is 4.74 Å². The molecule has 0 unspecified atom stereocenters. The van der Waals surface area contributed by atoms with Crippen molar-refractivity contribution >= 4 is 0 Å². The van der Waals surface area contributed by atoms with Crippen molar-refractivity contribution in [2.75, 3.05) is 0 Å². The van der Waals surface area contributed by atoms with Crippen molar-refractivity contribution in [3.8, 4) is 28.8 Å². The highest BCUT2D eigenvalue weighted by molar-refractivity contribution is 5.47. The van der Waals surface area contributed by atoms with Gasteiger partial charge in [-0.05, 0) is 47.7 Å². The fourth-order valence-corrected chi connectivity index (χ4v) is 2.10. The van der Waals surface area contributed by atoms with Gasteiger partial charge in [-0.25, -0.2) is 4.98 Å². The van der Waals surface area contributed by atoms with Gasteiger partial charge in [-0.15, -0.1) is 15.0 Å². The molecule has 0 amide bonds. The molecular formula is C17H12N6O. The Hall–Kier alpha value is -3.61. The van der Waals surface area contributed by atoms with Crippen LogP contribution in [0.15, 0.2) is 73.1 Å². The maximum absolute atomic E-state index is 5.66. The summed E-state index contributed by atoms with van der Waals surface area (Å²) in [5.74, 6) is 1.70. The maximum atomic E-state index is 5.66. The molecule has 4 aromatic rings. The van der Waals surface area contributed by atoms with Crippen LogP contribution in [0.5, 0.6) is 11.6 Å². The van der Waals surface area contributed by atoms with Crippen LogP contribution in [0.2, 0.25) is 0 Å². The summed E-state index contributed by atoms with van der Waals surface area (Å²) in [6.45, 7) is 0. The van der Waals surface area contributed by atoms with E-state index >= 15 is 0 Å². The zero-order valence-electron chi connectivity index (χ0n) is 12.5. The minimum Gasteiger partial charge on any atom is -0.439 e. The first-order valence-electron chi connectivity index (χ1n) is 7.29. The lowest BCUT2D eigenvalue weighted by atomic mass is 10.3. The Kier molecular flexibility index (Phi) is 3.65. The first-order valence-corrected chi connectivity index (χ1v) is 7.29. The lowest BCUT2D eigenvalue weighted by molar-refractivity contribution is 0.463. The Balaban J connectivity index is 1.54. The molecule has 1 aromatic carbocycles. The molecule has 3 heterocycles. The van der Waals surface area contributed by atoms with Crippen LogP contribution < -0.4 is 4.74 Å². The van der Waals surface area contributed by atoms with Gasteiger partial charge < -0.3 is 4.74 Å². The van der Waals surface area contributed by atoms with Gasteiger partial charge in [-0.2, -0.15) is 0 Å². The van der Waals surface area contributed by atoms with Crippen molar-refractivity contribution in [3.05, 3.63) is 73.1 Å². The summed E-state index contributed by atoms with van der Waals surface area (Å²) >= 11 is 0. The van der Waals surface area contributed by atoms with Crippen LogP contribution in [0, 0.1) is 0 Å². The topological polar surface area (TPSA) is 78.6 Å². The van der Waals surface area contributed by atoms with E-state index in [1.54, 1.807) is 18.5 Å². The summed E-state index contributed by atoms with van der Waals surface area (Å²) < 4.78 is 5.66. The summed E-state index contributed by atoms with van der Waals surface area (Å²) in [5, 5.41) is 12.4. The molecule has 3 aromatic heterocycles. The third kappa shape index (κ3) is 2.95. The molecule has 0 aliphatic rings. The van der Waals surface area contributed by atoms with E-state index in [1.807, 2.05) is 54.6 Å². The molecule has 0 aliphatic carbocycles. The molecule has 0 saturated heterocycles. The van der Waals surface area contributed by atoms with Gasteiger partial charge in [0.15, 0.2) is 0 Å². The van der Waals surface area contributed by atoms with E-state index in [4.69, 9.17) is 4.74 Å². The number of hydrogen-bond acceptors (Lipinski definition) is 6. The van der Waals surface area contributed by atoms with Crippen molar-refractivity contribution in [2.45, 2.75) is 0 Å². The van der Waals surface area contributed by atoms with E-state index in [-0.39, 0.29) is 0 Å². The Morgan fingerprint density at radius 3 is 2.29 bits per heavy atom.